The van der Waals surface area contributed by atoms with Gasteiger partial charge in [-0.2, -0.15) is 0 Å². The van der Waals surface area contributed by atoms with Crippen molar-refractivity contribution in [3.63, 3.8) is 0 Å². The van der Waals surface area contributed by atoms with Crippen LogP contribution in [0, 0.1) is 0 Å². The number of hydrogen-bond acceptors (Lipinski definition) is 3. The zero-order valence-electron chi connectivity index (χ0n) is 12.6. The van der Waals surface area contributed by atoms with Crippen LogP contribution >= 0.6 is 0 Å². The summed E-state index contributed by atoms with van der Waals surface area (Å²) in [6.07, 6.45) is 3.35. The number of amides is 1. The van der Waals surface area contributed by atoms with E-state index in [9.17, 15) is 4.79 Å². The van der Waals surface area contributed by atoms with Gasteiger partial charge in [0.15, 0.2) is 0 Å². The van der Waals surface area contributed by atoms with E-state index in [-0.39, 0.29) is 11.9 Å². The van der Waals surface area contributed by atoms with Crippen LogP contribution < -0.4 is 10.6 Å². The number of benzene rings is 1. The van der Waals surface area contributed by atoms with E-state index >= 15 is 0 Å². The first-order valence-corrected chi connectivity index (χ1v) is 7.37. The Bertz CT molecular complexity index is 564. The van der Waals surface area contributed by atoms with Crippen molar-refractivity contribution < 1.29 is 9.21 Å². The Kier molecular flexibility index (Phi) is 5.43. The summed E-state index contributed by atoms with van der Waals surface area (Å²) in [5.41, 5.74) is 1.55. The van der Waals surface area contributed by atoms with Crippen LogP contribution in [0.25, 0.3) is 0 Å². The van der Waals surface area contributed by atoms with E-state index < -0.39 is 0 Å². The third kappa shape index (κ3) is 4.38. The molecule has 0 aliphatic carbocycles. The minimum Gasteiger partial charge on any atom is -0.469 e. The SMILES string of the molecule is CCCNc1ccccc1C(=O)NC(C)Cc1ccco1. The number of rotatable bonds is 7. The zero-order valence-corrected chi connectivity index (χ0v) is 12.6. The second kappa shape index (κ2) is 7.53. The molecule has 4 nitrogen and oxygen atoms in total. The Hall–Kier alpha value is -2.23. The van der Waals surface area contributed by atoms with Crippen molar-refractivity contribution >= 4 is 11.6 Å². The third-order valence-electron chi connectivity index (χ3n) is 3.20. The highest BCUT2D eigenvalue weighted by atomic mass is 16.3. The summed E-state index contributed by atoms with van der Waals surface area (Å²) in [6, 6.07) is 11.4. The first-order chi connectivity index (χ1) is 10.2. The topological polar surface area (TPSA) is 54.3 Å². The summed E-state index contributed by atoms with van der Waals surface area (Å²) >= 11 is 0. The van der Waals surface area contributed by atoms with E-state index in [1.54, 1.807) is 6.26 Å². The van der Waals surface area contributed by atoms with Crippen molar-refractivity contribution in [1.82, 2.24) is 5.32 Å². The van der Waals surface area contributed by atoms with Gasteiger partial charge in [-0.25, -0.2) is 0 Å². The molecule has 112 valence electrons. The predicted molar refractivity (Wildman–Crippen MR) is 84.6 cm³/mol. The second-order valence-electron chi connectivity index (χ2n) is 5.13. The minimum absolute atomic E-state index is 0.0166. The predicted octanol–water partition coefficient (Wildman–Crippen LogP) is 3.46. The molecule has 2 N–H and O–H groups in total. The summed E-state index contributed by atoms with van der Waals surface area (Å²) < 4.78 is 5.30. The molecule has 21 heavy (non-hydrogen) atoms. The van der Waals surface area contributed by atoms with Crippen LogP contribution in [0.1, 0.15) is 36.4 Å². The Balaban J connectivity index is 1.99. The molecule has 0 radical (unpaired) electrons. The first-order valence-electron chi connectivity index (χ1n) is 7.37. The lowest BCUT2D eigenvalue weighted by atomic mass is 10.1. The Morgan fingerprint density at radius 2 is 2.05 bits per heavy atom. The van der Waals surface area contributed by atoms with Crippen molar-refractivity contribution in [1.29, 1.82) is 0 Å². The third-order valence-corrected chi connectivity index (χ3v) is 3.20. The number of furan rings is 1. The van der Waals surface area contributed by atoms with E-state index in [0.717, 1.165) is 24.4 Å². The van der Waals surface area contributed by atoms with Crippen molar-refractivity contribution in [2.75, 3.05) is 11.9 Å². The quantitative estimate of drug-likeness (QED) is 0.819. The Morgan fingerprint density at radius 3 is 2.76 bits per heavy atom. The van der Waals surface area contributed by atoms with Gasteiger partial charge in [0.25, 0.3) is 5.91 Å². The lowest BCUT2D eigenvalue weighted by molar-refractivity contribution is 0.0940. The fraction of sp³-hybridized carbons (Fsp3) is 0.353. The molecule has 1 aromatic carbocycles. The number of carbonyl (C=O) groups is 1. The van der Waals surface area contributed by atoms with Gasteiger partial charge in [-0.3, -0.25) is 4.79 Å². The molecule has 0 spiro atoms. The lowest BCUT2D eigenvalue weighted by Crippen LogP contribution is -2.34. The molecule has 1 amide bonds. The van der Waals surface area contributed by atoms with Gasteiger partial charge in [0.2, 0.25) is 0 Å². The minimum atomic E-state index is -0.0618. The van der Waals surface area contributed by atoms with Crippen LogP contribution in [0.3, 0.4) is 0 Å². The highest BCUT2D eigenvalue weighted by molar-refractivity contribution is 5.99. The molecule has 4 heteroatoms. The maximum absolute atomic E-state index is 12.4. The van der Waals surface area contributed by atoms with E-state index in [1.807, 2.05) is 43.3 Å². The molecule has 0 aliphatic heterocycles. The number of nitrogens with one attached hydrogen (secondary N) is 2. The molecule has 0 saturated carbocycles. The maximum atomic E-state index is 12.4. The van der Waals surface area contributed by atoms with Crippen molar-refractivity contribution in [3.8, 4) is 0 Å². The number of anilines is 1. The van der Waals surface area contributed by atoms with E-state index in [2.05, 4.69) is 17.6 Å². The molecule has 1 unspecified atom stereocenters. The molecule has 0 aliphatic rings. The van der Waals surface area contributed by atoms with Crippen molar-refractivity contribution in [2.45, 2.75) is 32.7 Å². The highest BCUT2D eigenvalue weighted by Crippen LogP contribution is 2.15. The van der Waals surface area contributed by atoms with Crippen LogP contribution in [0.4, 0.5) is 5.69 Å². The van der Waals surface area contributed by atoms with E-state index in [0.29, 0.717) is 12.0 Å². The maximum Gasteiger partial charge on any atom is 0.253 e. The Labute approximate surface area is 125 Å². The smallest absolute Gasteiger partial charge is 0.253 e. The largest absolute Gasteiger partial charge is 0.469 e. The molecule has 1 heterocycles. The fourth-order valence-electron chi connectivity index (χ4n) is 2.18. The van der Waals surface area contributed by atoms with Crippen LogP contribution in [-0.4, -0.2) is 18.5 Å². The average Bonchev–Trinajstić information content (AvgIpc) is 2.98. The van der Waals surface area contributed by atoms with Gasteiger partial charge in [-0.15, -0.1) is 0 Å². The number of para-hydroxylation sites is 1. The molecule has 1 aromatic heterocycles. The van der Waals surface area contributed by atoms with Gasteiger partial charge in [0.1, 0.15) is 5.76 Å². The summed E-state index contributed by atoms with van der Waals surface area (Å²) in [6.45, 7) is 4.93. The second-order valence-corrected chi connectivity index (χ2v) is 5.13. The van der Waals surface area contributed by atoms with E-state index in [1.165, 1.54) is 0 Å². The van der Waals surface area contributed by atoms with Gasteiger partial charge in [0.05, 0.1) is 11.8 Å². The fourth-order valence-corrected chi connectivity index (χ4v) is 2.18. The van der Waals surface area contributed by atoms with Gasteiger partial charge in [0, 0.05) is 24.7 Å². The van der Waals surface area contributed by atoms with Gasteiger partial charge < -0.3 is 15.1 Å². The molecule has 2 rings (SSSR count). The standard InChI is InChI=1S/C17H22N2O2/c1-3-10-18-16-9-5-4-8-15(16)17(20)19-13(2)12-14-7-6-11-21-14/h4-9,11,13,18H,3,10,12H2,1-2H3,(H,19,20). The zero-order chi connectivity index (χ0) is 15.1. The number of hydrogen-bond donors (Lipinski definition) is 2. The average molecular weight is 286 g/mol. The molecule has 2 aromatic rings. The van der Waals surface area contributed by atoms with Crippen LogP contribution in [0.5, 0.6) is 0 Å². The first kappa shape index (κ1) is 15.2. The lowest BCUT2D eigenvalue weighted by Gasteiger charge is -2.15. The summed E-state index contributed by atoms with van der Waals surface area (Å²) in [5, 5.41) is 6.30. The van der Waals surface area contributed by atoms with E-state index in [4.69, 9.17) is 4.42 Å². The van der Waals surface area contributed by atoms with Gasteiger partial charge in [-0.1, -0.05) is 19.1 Å². The van der Waals surface area contributed by atoms with Crippen LogP contribution in [-0.2, 0) is 6.42 Å². The summed E-state index contributed by atoms with van der Waals surface area (Å²) in [4.78, 5) is 12.4. The van der Waals surface area contributed by atoms with Crippen molar-refractivity contribution in [3.05, 3.63) is 54.0 Å². The normalized spacial score (nSPS) is 11.9. The van der Waals surface area contributed by atoms with Crippen molar-refractivity contribution in [2.24, 2.45) is 0 Å². The van der Waals surface area contributed by atoms with Crippen LogP contribution in [0.2, 0.25) is 0 Å². The monoisotopic (exact) mass is 286 g/mol. The summed E-state index contributed by atoms with van der Waals surface area (Å²) in [7, 11) is 0. The summed E-state index contributed by atoms with van der Waals surface area (Å²) in [5.74, 6) is 0.813. The van der Waals surface area contributed by atoms with Crippen LogP contribution in [0.15, 0.2) is 47.1 Å². The molecule has 0 bridgehead atoms. The number of carbonyl (C=O) groups excluding carboxylic acids is 1. The molecule has 0 fully saturated rings. The van der Waals surface area contributed by atoms with Gasteiger partial charge in [-0.05, 0) is 37.6 Å². The highest BCUT2D eigenvalue weighted by Gasteiger charge is 2.14. The molecular formula is C17H22N2O2. The van der Waals surface area contributed by atoms with Gasteiger partial charge >= 0.3 is 0 Å². The molecule has 0 saturated heterocycles. The molecule has 1 atom stereocenters. The molecular weight excluding hydrogens is 264 g/mol. The Morgan fingerprint density at radius 1 is 1.24 bits per heavy atom.